The van der Waals surface area contributed by atoms with Crippen molar-refractivity contribution in [3.05, 3.63) is 23.5 Å². The van der Waals surface area contributed by atoms with Gasteiger partial charge in [-0.2, -0.15) is 0 Å². The van der Waals surface area contributed by atoms with Crippen LogP contribution in [0.5, 0.6) is 0 Å². The highest BCUT2D eigenvalue weighted by molar-refractivity contribution is 5.89. The molecule has 0 bridgehead atoms. The summed E-state index contributed by atoms with van der Waals surface area (Å²) in [5.41, 5.74) is 1.10. The molecule has 0 saturated carbocycles. The molecule has 0 aliphatic carbocycles. The van der Waals surface area contributed by atoms with Gasteiger partial charge in [0.05, 0.1) is 12.2 Å². The van der Waals surface area contributed by atoms with Crippen LogP contribution in [0.1, 0.15) is 35.8 Å². The number of aliphatic hydroxyl groups excluding tert-OH is 1. The highest BCUT2D eigenvalue weighted by Gasteiger charge is 2.17. The normalized spacial score (nSPS) is 10.9. The molecule has 0 unspecified atom stereocenters. The fraction of sp³-hybridized carbons (Fsp3) is 0.500. The summed E-state index contributed by atoms with van der Waals surface area (Å²) >= 11 is 0. The molecular weight excluding hydrogens is 182 g/mol. The van der Waals surface area contributed by atoms with Gasteiger partial charge in [0.1, 0.15) is 0 Å². The molecule has 0 aliphatic rings. The third kappa shape index (κ3) is 1.96. The van der Waals surface area contributed by atoms with Crippen molar-refractivity contribution in [2.24, 2.45) is 0 Å². The second-order valence-corrected chi connectivity index (χ2v) is 3.49. The van der Waals surface area contributed by atoms with Gasteiger partial charge in [0.15, 0.2) is 0 Å². The Morgan fingerprint density at radius 1 is 1.57 bits per heavy atom. The summed E-state index contributed by atoms with van der Waals surface area (Å²) in [4.78, 5) is 10.9. The first kappa shape index (κ1) is 10.8. The average molecular weight is 197 g/mol. The number of carboxylic acid groups (broad SMARTS) is 1. The lowest BCUT2D eigenvalue weighted by Gasteiger charge is -2.11. The third-order valence-electron chi connectivity index (χ3n) is 2.12. The summed E-state index contributed by atoms with van der Waals surface area (Å²) in [6.07, 6.45) is 1.70. The van der Waals surface area contributed by atoms with Gasteiger partial charge < -0.3 is 14.8 Å². The van der Waals surface area contributed by atoms with Crippen LogP contribution in [-0.4, -0.2) is 27.4 Å². The Kier molecular flexibility index (Phi) is 3.30. The summed E-state index contributed by atoms with van der Waals surface area (Å²) in [5, 5.41) is 17.7. The molecule has 0 spiro atoms. The molecule has 0 aromatic carbocycles. The van der Waals surface area contributed by atoms with Gasteiger partial charge in [0, 0.05) is 18.4 Å². The van der Waals surface area contributed by atoms with Crippen LogP contribution in [0, 0.1) is 0 Å². The van der Waals surface area contributed by atoms with Crippen molar-refractivity contribution >= 4 is 5.97 Å². The van der Waals surface area contributed by atoms with Crippen LogP contribution in [0.15, 0.2) is 12.3 Å². The number of carboxylic acids is 1. The fourth-order valence-electron chi connectivity index (χ4n) is 1.61. The number of nitrogens with zero attached hydrogens (tertiary/aromatic N) is 1. The minimum absolute atomic E-state index is 0.0213. The molecular formula is C10H15NO3. The van der Waals surface area contributed by atoms with Gasteiger partial charge in [-0.1, -0.05) is 13.8 Å². The van der Waals surface area contributed by atoms with Crippen molar-refractivity contribution in [1.29, 1.82) is 0 Å². The molecule has 0 aliphatic heterocycles. The molecule has 1 heterocycles. The van der Waals surface area contributed by atoms with E-state index in [4.69, 9.17) is 10.2 Å². The minimum atomic E-state index is -0.912. The first-order valence-electron chi connectivity index (χ1n) is 4.61. The van der Waals surface area contributed by atoms with Crippen molar-refractivity contribution in [2.75, 3.05) is 6.61 Å². The highest BCUT2D eigenvalue weighted by Crippen LogP contribution is 2.20. The molecule has 78 valence electrons. The summed E-state index contributed by atoms with van der Waals surface area (Å²) in [5.74, 6) is -0.770. The second-order valence-electron chi connectivity index (χ2n) is 3.49. The van der Waals surface area contributed by atoms with Crippen LogP contribution in [0.25, 0.3) is 0 Å². The second kappa shape index (κ2) is 4.28. The van der Waals surface area contributed by atoms with Gasteiger partial charge >= 0.3 is 5.97 Å². The molecule has 0 amide bonds. The minimum Gasteiger partial charge on any atom is -0.478 e. The lowest BCUT2D eigenvalue weighted by Crippen LogP contribution is -2.10. The van der Waals surface area contributed by atoms with Gasteiger partial charge in [0.25, 0.3) is 0 Å². The lowest BCUT2D eigenvalue weighted by molar-refractivity contribution is 0.0695. The maximum atomic E-state index is 10.9. The van der Waals surface area contributed by atoms with Crippen LogP contribution in [0.2, 0.25) is 0 Å². The summed E-state index contributed by atoms with van der Waals surface area (Å²) in [6, 6.07) is 1.58. The Balaban J connectivity index is 3.13. The zero-order valence-corrected chi connectivity index (χ0v) is 8.40. The van der Waals surface area contributed by atoms with Crippen molar-refractivity contribution in [2.45, 2.75) is 26.3 Å². The molecule has 0 saturated heterocycles. The number of rotatable bonds is 4. The smallest absolute Gasteiger partial charge is 0.337 e. The van der Waals surface area contributed by atoms with E-state index in [2.05, 4.69) is 0 Å². The van der Waals surface area contributed by atoms with Gasteiger partial charge in [-0.05, 0) is 12.0 Å². The van der Waals surface area contributed by atoms with Crippen molar-refractivity contribution < 1.29 is 15.0 Å². The van der Waals surface area contributed by atoms with Gasteiger partial charge in [-0.3, -0.25) is 0 Å². The number of hydrogen-bond donors (Lipinski definition) is 2. The molecule has 0 radical (unpaired) electrons. The molecule has 1 aromatic rings. The van der Waals surface area contributed by atoms with E-state index in [1.165, 1.54) is 0 Å². The van der Waals surface area contributed by atoms with Crippen molar-refractivity contribution in [3.63, 3.8) is 0 Å². The van der Waals surface area contributed by atoms with E-state index in [9.17, 15) is 4.79 Å². The topological polar surface area (TPSA) is 62.5 Å². The van der Waals surface area contributed by atoms with E-state index < -0.39 is 5.97 Å². The number of aromatic nitrogens is 1. The molecule has 1 rings (SSSR count). The molecule has 4 nitrogen and oxygen atoms in total. The Morgan fingerprint density at radius 2 is 2.21 bits per heavy atom. The predicted molar refractivity (Wildman–Crippen MR) is 52.6 cm³/mol. The van der Waals surface area contributed by atoms with Crippen LogP contribution in [-0.2, 0) is 6.54 Å². The molecule has 0 atom stereocenters. The Hall–Kier alpha value is -1.29. The van der Waals surface area contributed by atoms with Crippen LogP contribution < -0.4 is 0 Å². The maximum Gasteiger partial charge on any atom is 0.337 e. The quantitative estimate of drug-likeness (QED) is 0.764. The monoisotopic (exact) mass is 197 g/mol. The molecule has 4 heteroatoms. The third-order valence-corrected chi connectivity index (χ3v) is 2.12. The van der Waals surface area contributed by atoms with Crippen LogP contribution in [0.4, 0.5) is 0 Å². The van der Waals surface area contributed by atoms with E-state index in [0.29, 0.717) is 12.1 Å². The van der Waals surface area contributed by atoms with Crippen LogP contribution >= 0.6 is 0 Å². The van der Waals surface area contributed by atoms with Crippen LogP contribution in [0.3, 0.4) is 0 Å². The van der Waals surface area contributed by atoms with E-state index in [0.717, 1.165) is 5.69 Å². The zero-order chi connectivity index (χ0) is 10.7. The lowest BCUT2D eigenvalue weighted by atomic mass is 10.1. The fourth-order valence-corrected chi connectivity index (χ4v) is 1.61. The molecule has 2 N–H and O–H groups in total. The molecule has 1 aromatic heterocycles. The first-order valence-corrected chi connectivity index (χ1v) is 4.61. The Labute approximate surface area is 82.8 Å². The van der Waals surface area contributed by atoms with E-state index in [1.54, 1.807) is 16.8 Å². The molecule has 0 fully saturated rings. The van der Waals surface area contributed by atoms with E-state index in [1.807, 2.05) is 13.8 Å². The Morgan fingerprint density at radius 3 is 2.64 bits per heavy atom. The number of aromatic carboxylic acids is 1. The predicted octanol–water partition coefficient (Wildman–Crippen LogP) is 1.30. The highest BCUT2D eigenvalue weighted by atomic mass is 16.4. The van der Waals surface area contributed by atoms with Crippen molar-refractivity contribution in [1.82, 2.24) is 4.57 Å². The van der Waals surface area contributed by atoms with E-state index in [-0.39, 0.29) is 12.5 Å². The first-order chi connectivity index (χ1) is 6.57. The molecule has 14 heavy (non-hydrogen) atoms. The number of aliphatic hydroxyl groups is 1. The standard InChI is InChI=1S/C10H15NO3/c1-7(2)9-8(10(13)14)3-4-11(9)5-6-12/h3-4,7,12H,5-6H2,1-2H3,(H,13,14). The van der Waals surface area contributed by atoms with Crippen molar-refractivity contribution in [3.8, 4) is 0 Å². The number of carbonyl (C=O) groups is 1. The number of hydrogen-bond acceptors (Lipinski definition) is 2. The summed E-state index contributed by atoms with van der Waals surface area (Å²) < 4.78 is 1.79. The Bertz CT molecular complexity index is 328. The maximum absolute atomic E-state index is 10.9. The average Bonchev–Trinajstić information content (AvgIpc) is 2.48. The SMILES string of the molecule is CC(C)c1c(C(=O)O)ccn1CCO. The van der Waals surface area contributed by atoms with Gasteiger partial charge in [-0.15, -0.1) is 0 Å². The zero-order valence-electron chi connectivity index (χ0n) is 8.40. The van der Waals surface area contributed by atoms with E-state index >= 15 is 0 Å². The summed E-state index contributed by atoms with van der Waals surface area (Å²) in [6.45, 7) is 4.35. The van der Waals surface area contributed by atoms with Gasteiger partial charge in [-0.25, -0.2) is 4.79 Å². The largest absolute Gasteiger partial charge is 0.478 e. The summed E-state index contributed by atoms with van der Waals surface area (Å²) in [7, 11) is 0. The van der Waals surface area contributed by atoms with Gasteiger partial charge in [0.2, 0.25) is 0 Å².